The Hall–Kier alpha value is -1.36. The molecule has 5 heteroatoms. The number of rotatable bonds is 2. The molecule has 1 fully saturated rings. The monoisotopic (exact) mass is 210 g/mol. The molecular weight excluding hydrogens is 196 g/mol. The first kappa shape index (κ1) is 10.2. The highest BCUT2D eigenvalue weighted by Crippen LogP contribution is 2.13. The molecule has 0 bridgehead atoms. The fourth-order valence-corrected chi connectivity index (χ4v) is 1.58. The van der Waals surface area contributed by atoms with Crippen molar-refractivity contribution in [2.75, 3.05) is 13.2 Å². The second kappa shape index (κ2) is 4.44. The average Bonchev–Trinajstić information content (AvgIpc) is 2.17. The zero-order valence-corrected chi connectivity index (χ0v) is 8.66. The molecule has 1 aliphatic heterocycles. The van der Waals surface area contributed by atoms with E-state index in [1.165, 1.54) is 6.07 Å². The number of ether oxygens (including phenoxy) is 2. The van der Waals surface area contributed by atoms with Gasteiger partial charge in [-0.2, -0.15) is 0 Å². The summed E-state index contributed by atoms with van der Waals surface area (Å²) >= 11 is 0. The molecule has 0 spiro atoms. The van der Waals surface area contributed by atoms with E-state index in [0.29, 0.717) is 24.9 Å². The van der Waals surface area contributed by atoms with Crippen molar-refractivity contribution in [3.05, 3.63) is 22.2 Å². The van der Waals surface area contributed by atoms with Crippen LogP contribution in [0.15, 0.2) is 10.9 Å². The Balaban J connectivity index is 2.06. The molecule has 1 aliphatic rings. The molecule has 1 aromatic rings. The van der Waals surface area contributed by atoms with Crippen LogP contribution in [-0.2, 0) is 4.74 Å². The van der Waals surface area contributed by atoms with Gasteiger partial charge >= 0.3 is 0 Å². The smallest absolute Gasteiger partial charge is 0.254 e. The Kier molecular flexibility index (Phi) is 3.01. The van der Waals surface area contributed by atoms with Crippen LogP contribution in [0.25, 0.3) is 0 Å². The van der Waals surface area contributed by atoms with Crippen LogP contribution in [0.4, 0.5) is 0 Å². The number of H-pyrrole nitrogens is 1. The summed E-state index contributed by atoms with van der Waals surface area (Å²) in [5, 5.41) is 0. The number of hydrogen-bond donors (Lipinski definition) is 1. The van der Waals surface area contributed by atoms with Gasteiger partial charge < -0.3 is 14.5 Å². The summed E-state index contributed by atoms with van der Waals surface area (Å²) in [6.07, 6.45) is 1.83. The van der Waals surface area contributed by atoms with Crippen molar-refractivity contribution in [2.45, 2.75) is 25.9 Å². The van der Waals surface area contributed by atoms with Crippen LogP contribution in [0.1, 0.15) is 18.7 Å². The highest BCUT2D eigenvalue weighted by atomic mass is 16.5. The van der Waals surface area contributed by atoms with E-state index in [0.717, 1.165) is 12.8 Å². The van der Waals surface area contributed by atoms with E-state index < -0.39 is 0 Å². The number of nitrogens with one attached hydrogen (secondary N) is 1. The summed E-state index contributed by atoms with van der Waals surface area (Å²) in [5.41, 5.74) is -0.176. The van der Waals surface area contributed by atoms with Crippen molar-refractivity contribution in [1.29, 1.82) is 0 Å². The summed E-state index contributed by atoms with van der Waals surface area (Å²) in [6, 6.07) is 1.38. The molecule has 0 radical (unpaired) electrons. The molecule has 0 amide bonds. The second-order valence-electron chi connectivity index (χ2n) is 3.60. The summed E-state index contributed by atoms with van der Waals surface area (Å²) in [5.74, 6) is 0.979. The van der Waals surface area contributed by atoms with Crippen molar-refractivity contribution >= 4 is 0 Å². The maximum Gasteiger partial charge on any atom is 0.254 e. The normalized spacial score (nSPS) is 17.7. The second-order valence-corrected chi connectivity index (χ2v) is 3.60. The highest BCUT2D eigenvalue weighted by molar-refractivity contribution is 5.08. The van der Waals surface area contributed by atoms with Gasteiger partial charge in [0.1, 0.15) is 11.9 Å². The maximum absolute atomic E-state index is 11.2. The molecule has 0 aliphatic carbocycles. The molecule has 2 heterocycles. The Morgan fingerprint density at radius 1 is 1.53 bits per heavy atom. The number of nitrogens with zero attached hydrogens (tertiary/aromatic N) is 1. The van der Waals surface area contributed by atoms with Gasteiger partial charge in [-0.3, -0.25) is 4.79 Å². The van der Waals surface area contributed by atoms with Crippen molar-refractivity contribution < 1.29 is 9.47 Å². The molecular formula is C10H14N2O3. The van der Waals surface area contributed by atoms with E-state index in [1.807, 2.05) is 0 Å². The molecule has 2 rings (SSSR count). The Labute approximate surface area is 87.4 Å². The maximum atomic E-state index is 11.2. The van der Waals surface area contributed by atoms with E-state index in [1.54, 1.807) is 6.92 Å². The molecule has 0 atom stereocenters. The SMILES string of the molecule is Cc1nc(OC2CCOCC2)cc(=O)[nH]1. The lowest BCUT2D eigenvalue weighted by Gasteiger charge is -2.22. The van der Waals surface area contributed by atoms with Crippen LogP contribution in [0, 0.1) is 6.92 Å². The molecule has 1 saturated heterocycles. The van der Waals surface area contributed by atoms with Gasteiger partial charge in [0.05, 0.1) is 19.3 Å². The zero-order chi connectivity index (χ0) is 10.7. The van der Waals surface area contributed by atoms with Crippen molar-refractivity contribution in [3.8, 4) is 5.88 Å². The molecule has 1 aromatic heterocycles. The quantitative estimate of drug-likeness (QED) is 0.777. The molecule has 1 N–H and O–H groups in total. The van der Waals surface area contributed by atoms with E-state index in [4.69, 9.17) is 9.47 Å². The van der Waals surface area contributed by atoms with Gasteiger partial charge in [0.25, 0.3) is 5.56 Å². The minimum absolute atomic E-state index is 0.118. The summed E-state index contributed by atoms with van der Waals surface area (Å²) in [4.78, 5) is 17.8. The number of aromatic amines is 1. The fraction of sp³-hybridized carbons (Fsp3) is 0.600. The molecule has 0 saturated carbocycles. The van der Waals surface area contributed by atoms with Gasteiger partial charge in [0.15, 0.2) is 0 Å². The van der Waals surface area contributed by atoms with Crippen LogP contribution < -0.4 is 10.3 Å². The lowest BCUT2D eigenvalue weighted by atomic mass is 10.2. The van der Waals surface area contributed by atoms with E-state index in [-0.39, 0.29) is 11.7 Å². The van der Waals surface area contributed by atoms with Crippen LogP contribution >= 0.6 is 0 Å². The van der Waals surface area contributed by atoms with E-state index in [9.17, 15) is 4.79 Å². The summed E-state index contributed by atoms with van der Waals surface area (Å²) < 4.78 is 10.8. The molecule has 15 heavy (non-hydrogen) atoms. The van der Waals surface area contributed by atoms with Gasteiger partial charge in [0.2, 0.25) is 5.88 Å². The van der Waals surface area contributed by atoms with Crippen LogP contribution in [0.5, 0.6) is 5.88 Å². The van der Waals surface area contributed by atoms with E-state index in [2.05, 4.69) is 9.97 Å². The van der Waals surface area contributed by atoms with Crippen molar-refractivity contribution in [1.82, 2.24) is 9.97 Å². The predicted molar refractivity (Wildman–Crippen MR) is 54.1 cm³/mol. The van der Waals surface area contributed by atoms with Crippen LogP contribution in [-0.4, -0.2) is 29.3 Å². The molecule has 82 valence electrons. The standard InChI is InChI=1S/C10H14N2O3/c1-7-11-9(13)6-10(12-7)15-8-2-4-14-5-3-8/h6,8H,2-5H2,1H3,(H,11,12,13). The Bertz CT molecular complexity index is 382. The number of aromatic nitrogens is 2. The Morgan fingerprint density at radius 3 is 2.93 bits per heavy atom. The number of hydrogen-bond acceptors (Lipinski definition) is 4. The first-order valence-electron chi connectivity index (χ1n) is 5.06. The zero-order valence-electron chi connectivity index (χ0n) is 8.66. The molecule has 5 nitrogen and oxygen atoms in total. The minimum atomic E-state index is -0.176. The fourth-order valence-electron chi connectivity index (χ4n) is 1.58. The third-order valence-electron chi connectivity index (χ3n) is 2.29. The van der Waals surface area contributed by atoms with Crippen LogP contribution in [0.3, 0.4) is 0 Å². The lowest BCUT2D eigenvalue weighted by Crippen LogP contribution is -2.27. The molecule has 0 aromatic carbocycles. The van der Waals surface area contributed by atoms with Crippen molar-refractivity contribution in [3.63, 3.8) is 0 Å². The van der Waals surface area contributed by atoms with Gasteiger partial charge in [-0.25, -0.2) is 4.98 Å². The highest BCUT2D eigenvalue weighted by Gasteiger charge is 2.16. The van der Waals surface area contributed by atoms with Gasteiger partial charge in [0, 0.05) is 12.8 Å². The van der Waals surface area contributed by atoms with Gasteiger partial charge in [-0.1, -0.05) is 0 Å². The first-order chi connectivity index (χ1) is 7.24. The first-order valence-corrected chi connectivity index (χ1v) is 5.06. The lowest BCUT2D eigenvalue weighted by molar-refractivity contribution is 0.0236. The minimum Gasteiger partial charge on any atom is -0.474 e. The summed E-state index contributed by atoms with van der Waals surface area (Å²) in [6.45, 7) is 3.16. The van der Waals surface area contributed by atoms with Gasteiger partial charge in [-0.15, -0.1) is 0 Å². The third-order valence-corrected chi connectivity index (χ3v) is 2.29. The predicted octanol–water partition coefficient (Wildman–Crippen LogP) is 0.636. The number of aryl methyl sites for hydroxylation is 1. The average molecular weight is 210 g/mol. The van der Waals surface area contributed by atoms with Crippen LogP contribution in [0.2, 0.25) is 0 Å². The summed E-state index contributed by atoms with van der Waals surface area (Å²) in [7, 11) is 0. The van der Waals surface area contributed by atoms with Crippen molar-refractivity contribution in [2.24, 2.45) is 0 Å². The van der Waals surface area contributed by atoms with Gasteiger partial charge in [-0.05, 0) is 6.92 Å². The molecule has 0 unspecified atom stereocenters. The largest absolute Gasteiger partial charge is 0.474 e. The third kappa shape index (κ3) is 2.79. The van der Waals surface area contributed by atoms with E-state index >= 15 is 0 Å². The Morgan fingerprint density at radius 2 is 2.27 bits per heavy atom. The topological polar surface area (TPSA) is 64.2 Å².